The average Bonchev–Trinajstić information content (AvgIpc) is 2.66. The van der Waals surface area contributed by atoms with Gasteiger partial charge in [0.05, 0.1) is 18.8 Å². The molecule has 146 valence electrons. The molecule has 0 radical (unpaired) electrons. The van der Waals surface area contributed by atoms with E-state index in [1.165, 1.54) is 5.56 Å². The predicted octanol–water partition coefficient (Wildman–Crippen LogP) is 5.10. The summed E-state index contributed by atoms with van der Waals surface area (Å²) in [7, 11) is 0. The number of nitrogens with one attached hydrogen (secondary N) is 1. The zero-order chi connectivity index (χ0) is 18.8. The van der Waals surface area contributed by atoms with Crippen molar-refractivity contribution in [1.29, 1.82) is 0 Å². The van der Waals surface area contributed by atoms with Crippen LogP contribution in [-0.4, -0.2) is 23.8 Å². The third kappa shape index (κ3) is 6.94. The first-order chi connectivity index (χ1) is 12.6. The van der Waals surface area contributed by atoms with E-state index in [2.05, 4.69) is 49.6 Å². The molecule has 1 aliphatic rings. The molecule has 26 heavy (non-hydrogen) atoms. The van der Waals surface area contributed by atoms with Crippen molar-refractivity contribution >= 4 is 0 Å². The molecule has 5 nitrogen and oxygen atoms in total. The van der Waals surface area contributed by atoms with E-state index in [1.54, 1.807) is 0 Å². The highest BCUT2D eigenvalue weighted by Crippen LogP contribution is 2.34. The molecule has 0 bridgehead atoms. The van der Waals surface area contributed by atoms with Crippen LogP contribution in [0.1, 0.15) is 76.7 Å². The Morgan fingerprint density at radius 1 is 1.19 bits per heavy atom. The topological polar surface area (TPSA) is 64.4 Å². The Bertz CT molecular complexity index is 515. The lowest BCUT2D eigenvalue weighted by Gasteiger charge is -2.30. The fourth-order valence-electron chi connectivity index (χ4n) is 3.92. The van der Waals surface area contributed by atoms with Gasteiger partial charge in [-0.3, -0.25) is 0 Å². The minimum atomic E-state index is -0.405. The van der Waals surface area contributed by atoms with E-state index in [4.69, 9.17) is 4.74 Å². The van der Waals surface area contributed by atoms with Crippen molar-refractivity contribution in [2.45, 2.75) is 83.3 Å². The van der Waals surface area contributed by atoms with Crippen molar-refractivity contribution in [3.8, 4) is 0 Å². The fraction of sp³-hybridized carbons (Fsp3) is 0.714. The summed E-state index contributed by atoms with van der Waals surface area (Å²) in [6.45, 7) is 4.80. The minimum Gasteiger partial charge on any atom is -0.378 e. The number of unbranched alkanes of at least 4 members (excludes halogenated alkanes) is 2. The second kappa shape index (κ2) is 11.2. The minimum absolute atomic E-state index is 0.114. The molecule has 0 saturated heterocycles. The lowest BCUT2D eigenvalue weighted by Crippen LogP contribution is -2.41. The zero-order valence-electron chi connectivity index (χ0n) is 16.2. The maximum Gasteiger partial charge on any atom is 0.157 e. The first-order valence-corrected chi connectivity index (χ1v) is 10.2. The van der Waals surface area contributed by atoms with Gasteiger partial charge in [-0.1, -0.05) is 63.4 Å². The van der Waals surface area contributed by atoms with Gasteiger partial charge in [-0.05, 0) is 43.6 Å². The molecule has 5 heteroatoms. The van der Waals surface area contributed by atoms with Crippen LogP contribution < -0.4 is 5.43 Å². The van der Waals surface area contributed by atoms with Crippen LogP contribution in [0.4, 0.5) is 0 Å². The normalized spacial score (nSPS) is 22.5. The second-order valence-electron chi connectivity index (χ2n) is 7.68. The molecule has 0 amide bonds. The number of hydrogen-bond acceptors (Lipinski definition) is 3. The highest BCUT2D eigenvalue weighted by molar-refractivity contribution is 5.19. The van der Waals surface area contributed by atoms with E-state index < -0.39 is 5.03 Å². The fourth-order valence-corrected chi connectivity index (χ4v) is 3.92. The number of nitrogens with zero attached hydrogens (tertiary/aromatic N) is 1. The van der Waals surface area contributed by atoms with E-state index in [-0.39, 0.29) is 12.0 Å². The van der Waals surface area contributed by atoms with E-state index in [9.17, 15) is 10.1 Å². The van der Waals surface area contributed by atoms with Gasteiger partial charge in [0.1, 0.15) is 0 Å². The number of ether oxygens (including phenoxy) is 1. The molecule has 1 aromatic rings. The molecule has 0 unspecified atom stereocenters. The van der Waals surface area contributed by atoms with Crippen molar-refractivity contribution in [3.63, 3.8) is 0 Å². The van der Waals surface area contributed by atoms with Gasteiger partial charge in [0.2, 0.25) is 0 Å². The van der Waals surface area contributed by atoms with Crippen LogP contribution in [0.2, 0.25) is 0 Å². The molecule has 0 aromatic heterocycles. The maximum atomic E-state index is 10.9. The Kier molecular flexibility index (Phi) is 8.89. The molecule has 0 heterocycles. The van der Waals surface area contributed by atoms with Crippen molar-refractivity contribution in [1.82, 2.24) is 5.43 Å². The van der Waals surface area contributed by atoms with Gasteiger partial charge in [0.15, 0.2) is 5.03 Å². The predicted molar refractivity (Wildman–Crippen MR) is 105 cm³/mol. The largest absolute Gasteiger partial charge is 0.378 e. The molecular weight excluding hydrogens is 328 g/mol. The highest BCUT2D eigenvalue weighted by Gasteiger charge is 2.26. The summed E-state index contributed by atoms with van der Waals surface area (Å²) in [5.41, 5.74) is 3.93. The molecular formula is C21H34N2O3. The average molecular weight is 363 g/mol. The molecule has 1 saturated carbocycles. The molecule has 1 aliphatic carbocycles. The smallest absolute Gasteiger partial charge is 0.157 e. The van der Waals surface area contributed by atoms with Crippen LogP contribution in [0.15, 0.2) is 30.3 Å². The van der Waals surface area contributed by atoms with Gasteiger partial charge in [0, 0.05) is 5.92 Å². The second-order valence-corrected chi connectivity index (χ2v) is 7.68. The Morgan fingerprint density at radius 3 is 2.50 bits per heavy atom. The number of nitro groups is 1. The summed E-state index contributed by atoms with van der Waals surface area (Å²) < 4.78 is 6.14. The van der Waals surface area contributed by atoms with Crippen LogP contribution >= 0.6 is 0 Å². The summed E-state index contributed by atoms with van der Waals surface area (Å²) in [6, 6.07) is 10.6. The van der Waals surface area contributed by atoms with Crippen LogP contribution in [0.5, 0.6) is 0 Å². The molecule has 1 fully saturated rings. The Morgan fingerprint density at radius 2 is 1.88 bits per heavy atom. The Hall–Kier alpha value is -1.62. The SMILES string of the molecule is CCCCC[C@H](N[N+](=O)[O-])[C@@H](C)COC1CCC(c2ccccc2)CC1. The van der Waals surface area contributed by atoms with E-state index in [0.29, 0.717) is 18.6 Å². The third-order valence-corrected chi connectivity index (χ3v) is 5.62. The summed E-state index contributed by atoms with van der Waals surface area (Å²) >= 11 is 0. The van der Waals surface area contributed by atoms with Crippen LogP contribution in [-0.2, 0) is 4.74 Å². The Balaban J connectivity index is 1.73. The molecule has 2 atom stereocenters. The van der Waals surface area contributed by atoms with E-state index in [0.717, 1.165) is 51.4 Å². The first kappa shape index (κ1) is 20.7. The number of hydrogen-bond donors (Lipinski definition) is 1. The van der Waals surface area contributed by atoms with Gasteiger partial charge >= 0.3 is 0 Å². The molecule has 1 aromatic carbocycles. The maximum absolute atomic E-state index is 10.9. The van der Waals surface area contributed by atoms with Gasteiger partial charge < -0.3 is 4.74 Å². The van der Waals surface area contributed by atoms with Crippen molar-refractivity contribution in [3.05, 3.63) is 46.0 Å². The standard InChI is InChI=1S/C21H34N2O3/c1-3-4-6-11-21(22-23(24)25)17(2)16-26-20-14-12-19(13-15-20)18-9-7-5-8-10-18/h5,7-10,17,19-22H,3-4,6,11-16H2,1-2H3/t17-,19?,20?,21-/m0/s1. The van der Waals surface area contributed by atoms with Gasteiger partial charge in [-0.15, -0.1) is 5.43 Å². The Labute approximate surface area is 157 Å². The molecule has 0 spiro atoms. The third-order valence-electron chi connectivity index (χ3n) is 5.62. The van der Waals surface area contributed by atoms with Gasteiger partial charge in [0.25, 0.3) is 0 Å². The van der Waals surface area contributed by atoms with E-state index in [1.807, 2.05) is 0 Å². The number of rotatable bonds is 11. The summed E-state index contributed by atoms with van der Waals surface area (Å²) in [5.74, 6) is 0.788. The zero-order valence-corrected chi connectivity index (χ0v) is 16.2. The van der Waals surface area contributed by atoms with Gasteiger partial charge in [-0.25, -0.2) is 10.1 Å². The van der Waals surface area contributed by atoms with Crippen LogP contribution in [0, 0.1) is 16.0 Å². The highest BCUT2D eigenvalue weighted by atomic mass is 16.7. The molecule has 2 rings (SSSR count). The van der Waals surface area contributed by atoms with Crippen molar-refractivity contribution in [2.75, 3.05) is 6.61 Å². The quantitative estimate of drug-likeness (QED) is 0.338. The van der Waals surface area contributed by atoms with E-state index >= 15 is 0 Å². The first-order valence-electron chi connectivity index (χ1n) is 10.2. The number of benzene rings is 1. The number of hydrazine groups is 1. The monoisotopic (exact) mass is 362 g/mol. The molecule has 0 aliphatic heterocycles. The van der Waals surface area contributed by atoms with Crippen molar-refractivity contribution in [2.24, 2.45) is 5.92 Å². The van der Waals surface area contributed by atoms with Crippen LogP contribution in [0.3, 0.4) is 0 Å². The van der Waals surface area contributed by atoms with Gasteiger partial charge in [-0.2, -0.15) is 0 Å². The van der Waals surface area contributed by atoms with Crippen LogP contribution in [0.25, 0.3) is 0 Å². The summed E-state index contributed by atoms with van der Waals surface area (Å²) in [5, 5.41) is 10.5. The summed E-state index contributed by atoms with van der Waals surface area (Å²) in [6.07, 6.45) is 8.88. The lowest BCUT2D eigenvalue weighted by molar-refractivity contribution is -0.553. The lowest BCUT2D eigenvalue weighted by atomic mass is 9.83. The summed E-state index contributed by atoms with van der Waals surface area (Å²) in [4.78, 5) is 10.9. The van der Waals surface area contributed by atoms with Crippen molar-refractivity contribution < 1.29 is 9.77 Å². The molecule has 1 N–H and O–H groups in total.